The zero-order valence-corrected chi connectivity index (χ0v) is 16.7. The Bertz CT molecular complexity index is 1340. The summed E-state index contributed by atoms with van der Waals surface area (Å²) in [6.45, 7) is 2.22. The summed E-state index contributed by atoms with van der Waals surface area (Å²) in [5.74, 6) is -0.610. The average Bonchev–Trinajstić information content (AvgIpc) is 3.16. The Morgan fingerprint density at radius 1 is 1.06 bits per heavy atom. The van der Waals surface area contributed by atoms with Crippen molar-refractivity contribution in [3.05, 3.63) is 59.7 Å². The lowest BCUT2D eigenvalue weighted by molar-refractivity contribution is 0.0303. The van der Waals surface area contributed by atoms with E-state index in [2.05, 4.69) is 4.98 Å². The number of hydrogen-bond acceptors (Lipinski definition) is 5. The van der Waals surface area contributed by atoms with E-state index in [1.165, 1.54) is 0 Å². The van der Waals surface area contributed by atoms with Crippen molar-refractivity contribution in [3.63, 3.8) is 0 Å². The molecule has 156 valence electrons. The number of fused-ring (bicyclic) bond motifs is 3. The number of morpholine rings is 1. The van der Waals surface area contributed by atoms with Crippen LogP contribution in [0.25, 0.3) is 33.2 Å². The van der Waals surface area contributed by atoms with Crippen molar-refractivity contribution in [2.75, 3.05) is 32.0 Å². The van der Waals surface area contributed by atoms with Gasteiger partial charge in [0.05, 0.1) is 35.5 Å². The van der Waals surface area contributed by atoms with Crippen molar-refractivity contribution in [1.29, 1.82) is 0 Å². The average molecular weight is 415 g/mol. The van der Waals surface area contributed by atoms with Crippen LogP contribution in [0.2, 0.25) is 0 Å². The summed E-state index contributed by atoms with van der Waals surface area (Å²) in [4.78, 5) is 34.8. The normalized spacial score (nSPS) is 14.3. The maximum Gasteiger partial charge on any atom is 0.254 e. The van der Waals surface area contributed by atoms with Crippen molar-refractivity contribution < 1.29 is 14.3 Å². The van der Waals surface area contributed by atoms with E-state index in [-0.39, 0.29) is 5.91 Å². The molecule has 1 aliphatic heterocycles. The van der Waals surface area contributed by atoms with E-state index in [9.17, 15) is 9.59 Å². The molecule has 3 heterocycles. The third-order valence-corrected chi connectivity index (χ3v) is 5.55. The number of nitrogens with one attached hydrogen (secondary N) is 1. The van der Waals surface area contributed by atoms with E-state index in [4.69, 9.17) is 21.2 Å². The zero-order chi connectivity index (χ0) is 21.5. The number of aromatic amines is 1. The van der Waals surface area contributed by atoms with E-state index in [0.717, 1.165) is 10.9 Å². The van der Waals surface area contributed by atoms with Gasteiger partial charge in [0.25, 0.3) is 11.8 Å². The number of nitrogens with two attached hydrogens (primary N) is 2. The van der Waals surface area contributed by atoms with Crippen LogP contribution in [-0.2, 0) is 4.74 Å². The van der Waals surface area contributed by atoms with Crippen LogP contribution in [0.1, 0.15) is 20.7 Å². The van der Waals surface area contributed by atoms with E-state index in [1.54, 1.807) is 35.2 Å². The fourth-order valence-corrected chi connectivity index (χ4v) is 3.98. The highest BCUT2D eigenvalue weighted by molar-refractivity contribution is 6.14. The van der Waals surface area contributed by atoms with Crippen LogP contribution in [0.4, 0.5) is 5.69 Å². The molecule has 2 amide bonds. The van der Waals surface area contributed by atoms with Crippen LogP contribution in [0, 0.1) is 0 Å². The molecule has 5 rings (SSSR count). The highest BCUT2D eigenvalue weighted by Gasteiger charge is 2.21. The second kappa shape index (κ2) is 7.41. The van der Waals surface area contributed by atoms with Crippen LogP contribution in [0.5, 0.6) is 0 Å². The summed E-state index contributed by atoms with van der Waals surface area (Å²) < 4.78 is 5.33. The van der Waals surface area contributed by atoms with E-state index in [0.29, 0.717) is 65.4 Å². The van der Waals surface area contributed by atoms with Crippen LogP contribution in [-0.4, -0.2) is 53.0 Å². The number of nitrogen functional groups attached to an aromatic ring is 1. The van der Waals surface area contributed by atoms with Gasteiger partial charge in [0, 0.05) is 40.8 Å². The lowest BCUT2D eigenvalue weighted by atomic mass is 10.1. The number of hydrogen-bond donors (Lipinski definition) is 3. The van der Waals surface area contributed by atoms with Crippen LogP contribution in [0.3, 0.4) is 0 Å². The van der Waals surface area contributed by atoms with Gasteiger partial charge in [-0.2, -0.15) is 0 Å². The van der Waals surface area contributed by atoms with Crippen molar-refractivity contribution >= 4 is 39.4 Å². The monoisotopic (exact) mass is 415 g/mol. The predicted molar refractivity (Wildman–Crippen MR) is 119 cm³/mol. The number of anilines is 1. The first-order valence-electron chi connectivity index (χ1n) is 10.0. The first-order valence-corrected chi connectivity index (χ1v) is 10.0. The molecule has 31 heavy (non-hydrogen) atoms. The molecule has 4 aromatic rings. The SMILES string of the molecule is NC(=O)c1cc(-c2cccc(N)c2)nc2c1[nH]c1cc(C(=O)N3CCOCC3)ccc12. The number of nitrogens with zero attached hydrogens (tertiary/aromatic N) is 2. The Kier molecular flexibility index (Phi) is 4.56. The van der Waals surface area contributed by atoms with Gasteiger partial charge in [-0.15, -0.1) is 0 Å². The van der Waals surface area contributed by atoms with E-state index < -0.39 is 5.91 Å². The molecule has 2 aromatic heterocycles. The second-order valence-corrected chi connectivity index (χ2v) is 7.56. The molecule has 1 saturated heterocycles. The Morgan fingerprint density at radius 2 is 1.87 bits per heavy atom. The molecule has 0 aliphatic carbocycles. The summed E-state index contributed by atoms with van der Waals surface area (Å²) >= 11 is 0. The molecule has 2 aromatic carbocycles. The summed E-state index contributed by atoms with van der Waals surface area (Å²) in [5.41, 5.74) is 16.4. The minimum absolute atomic E-state index is 0.0487. The Morgan fingerprint density at radius 3 is 2.61 bits per heavy atom. The molecule has 0 unspecified atom stereocenters. The fourth-order valence-electron chi connectivity index (χ4n) is 3.98. The van der Waals surface area contributed by atoms with Crippen molar-refractivity contribution in [1.82, 2.24) is 14.9 Å². The third kappa shape index (κ3) is 3.36. The third-order valence-electron chi connectivity index (χ3n) is 5.55. The lowest BCUT2D eigenvalue weighted by Crippen LogP contribution is -2.40. The van der Waals surface area contributed by atoms with Crippen LogP contribution < -0.4 is 11.5 Å². The van der Waals surface area contributed by atoms with Gasteiger partial charge in [-0.1, -0.05) is 12.1 Å². The molecule has 0 atom stereocenters. The first kappa shape index (κ1) is 19.1. The maximum atomic E-state index is 12.9. The fraction of sp³-hybridized carbons (Fsp3) is 0.174. The smallest absolute Gasteiger partial charge is 0.254 e. The van der Waals surface area contributed by atoms with Crippen molar-refractivity contribution in [2.24, 2.45) is 5.73 Å². The molecule has 1 fully saturated rings. The Labute approximate surface area is 177 Å². The van der Waals surface area contributed by atoms with E-state index >= 15 is 0 Å². The number of amides is 2. The summed E-state index contributed by atoms with van der Waals surface area (Å²) in [6.07, 6.45) is 0. The van der Waals surface area contributed by atoms with Crippen LogP contribution >= 0.6 is 0 Å². The summed E-state index contributed by atoms with van der Waals surface area (Å²) in [7, 11) is 0. The number of benzene rings is 2. The standard InChI is InChI=1S/C23H21N5O3/c24-15-3-1-2-13(10-15)18-12-17(22(25)29)21-20(26-18)16-5-4-14(11-19(16)27-21)23(30)28-6-8-31-9-7-28/h1-5,10-12,27H,6-9,24H2,(H2,25,29). The molecule has 5 N–H and O–H groups in total. The lowest BCUT2D eigenvalue weighted by Gasteiger charge is -2.26. The molecule has 8 nitrogen and oxygen atoms in total. The van der Waals surface area contributed by atoms with E-state index in [1.807, 2.05) is 18.2 Å². The van der Waals surface area contributed by atoms with Gasteiger partial charge in [-0.3, -0.25) is 9.59 Å². The number of carbonyl (C=O) groups excluding carboxylic acids is 2. The van der Waals surface area contributed by atoms with Gasteiger partial charge < -0.3 is 26.1 Å². The highest BCUT2D eigenvalue weighted by atomic mass is 16.5. The minimum Gasteiger partial charge on any atom is -0.399 e. The molecular formula is C23H21N5O3. The zero-order valence-electron chi connectivity index (χ0n) is 16.7. The molecular weight excluding hydrogens is 394 g/mol. The number of primary amides is 1. The molecule has 0 saturated carbocycles. The topological polar surface area (TPSA) is 127 Å². The van der Waals surface area contributed by atoms with Gasteiger partial charge in [0.15, 0.2) is 0 Å². The maximum absolute atomic E-state index is 12.9. The van der Waals surface area contributed by atoms with Crippen LogP contribution in [0.15, 0.2) is 48.5 Å². The van der Waals surface area contributed by atoms with Crippen molar-refractivity contribution in [2.45, 2.75) is 0 Å². The summed E-state index contributed by atoms with van der Waals surface area (Å²) in [6, 6.07) is 14.4. The van der Waals surface area contributed by atoms with Gasteiger partial charge in [-0.25, -0.2) is 4.98 Å². The quantitative estimate of drug-likeness (QED) is 0.443. The molecule has 0 spiro atoms. The number of aromatic nitrogens is 2. The molecule has 0 radical (unpaired) electrons. The van der Waals surface area contributed by atoms with Gasteiger partial charge in [0.1, 0.15) is 0 Å². The Hall–Kier alpha value is -3.91. The van der Waals surface area contributed by atoms with Gasteiger partial charge in [0.2, 0.25) is 0 Å². The number of carbonyl (C=O) groups is 2. The number of pyridine rings is 1. The number of H-pyrrole nitrogens is 1. The largest absolute Gasteiger partial charge is 0.399 e. The van der Waals surface area contributed by atoms with Gasteiger partial charge >= 0.3 is 0 Å². The summed E-state index contributed by atoms with van der Waals surface area (Å²) in [5, 5.41) is 0.807. The highest BCUT2D eigenvalue weighted by Crippen LogP contribution is 2.31. The first-order chi connectivity index (χ1) is 15.0. The predicted octanol–water partition coefficient (Wildman–Crippen LogP) is 2.54. The Balaban J connectivity index is 1.66. The second-order valence-electron chi connectivity index (χ2n) is 7.56. The molecule has 1 aliphatic rings. The number of rotatable bonds is 3. The van der Waals surface area contributed by atoms with Gasteiger partial charge in [-0.05, 0) is 36.4 Å². The molecule has 0 bridgehead atoms. The van der Waals surface area contributed by atoms with Crippen molar-refractivity contribution in [3.8, 4) is 11.3 Å². The minimum atomic E-state index is -0.561. The molecule has 8 heteroatoms. The number of ether oxygens (including phenoxy) is 1.